The van der Waals surface area contributed by atoms with Gasteiger partial charge in [-0.1, -0.05) is 38.1 Å². The monoisotopic (exact) mass is 360 g/mol. The molecule has 0 bridgehead atoms. The Morgan fingerprint density at radius 2 is 1.84 bits per heavy atom. The van der Waals surface area contributed by atoms with Crippen molar-refractivity contribution in [1.29, 1.82) is 0 Å². The molecule has 0 unspecified atom stereocenters. The predicted molar refractivity (Wildman–Crippen MR) is 105 cm³/mol. The summed E-state index contributed by atoms with van der Waals surface area (Å²) in [5, 5.41) is 9.85. The fourth-order valence-electron chi connectivity index (χ4n) is 2.21. The second kappa shape index (κ2) is 10.2. The second-order valence-corrected chi connectivity index (χ2v) is 7.00. The van der Waals surface area contributed by atoms with Gasteiger partial charge in [-0.15, -0.1) is 11.3 Å². The van der Waals surface area contributed by atoms with E-state index in [4.69, 9.17) is 4.74 Å². The first kappa shape index (κ1) is 19.4. The van der Waals surface area contributed by atoms with E-state index in [1.807, 2.05) is 6.92 Å². The van der Waals surface area contributed by atoms with Crippen LogP contribution in [0.3, 0.4) is 0 Å². The summed E-state index contributed by atoms with van der Waals surface area (Å²) in [6.07, 6.45) is 0. The number of rotatable bonds is 8. The molecule has 0 amide bonds. The zero-order valence-corrected chi connectivity index (χ0v) is 16.3. The van der Waals surface area contributed by atoms with Crippen LogP contribution in [0.4, 0.5) is 0 Å². The number of hydrogen-bond acceptors (Lipinski definition) is 4. The van der Waals surface area contributed by atoms with E-state index in [1.54, 1.807) is 18.4 Å². The molecule has 0 aliphatic rings. The highest BCUT2D eigenvalue weighted by Gasteiger charge is 2.06. The number of ether oxygens (including phenoxy) is 1. The minimum atomic E-state index is 0.466. The van der Waals surface area contributed by atoms with Gasteiger partial charge < -0.3 is 15.4 Å². The van der Waals surface area contributed by atoms with Crippen LogP contribution in [0.25, 0.3) is 0 Å². The molecule has 25 heavy (non-hydrogen) atoms. The Labute approximate surface area is 154 Å². The maximum atomic E-state index is 5.42. The Hall–Kier alpha value is -1.92. The lowest BCUT2D eigenvalue weighted by Gasteiger charge is -2.11. The van der Waals surface area contributed by atoms with Crippen LogP contribution in [0.2, 0.25) is 0 Å². The van der Waals surface area contributed by atoms with Gasteiger partial charge in [0.1, 0.15) is 5.01 Å². The first-order valence-corrected chi connectivity index (χ1v) is 9.54. The fraction of sp³-hybridized carbons (Fsp3) is 0.474. The molecule has 6 heteroatoms. The van der Waals surface area contributed by atoms with Crippen LogP contribution < -0.4 is 10.6 Å². The van der Waals surface area contributed by atoms with Gasteiger partial charge in [-0.2, -0.15) is 0 Å². The van der Waals surface area contributed by atoms with Crippen LogP contribution in [0, 0.1) is 0 Å². The zero-order valence-electron chi connectivity index (χ0n) is 15.5. The lowest BCUT2D eigenvalue weighted by Crippen LogP contribution is -2.36. The van der Waals surface area contributed by atoms with Crippen molar-refractivity contribution < 1.29 is 4.74 Å². The number of benzene rings is 1. The number of nitrogens with zero attached hydrogens (tertiary/aromatic N) is 2. The second-order valence-electron chi connectivity index (χ2n) is 6.05. The third kappa shape index (κ3) is 6.48. The molecular weight excluding hydrogens is 332 g/mol. The van der Waals surface area contributed by atoms with E-state index in [2.05, 4.69) is 64.1 Å². The van der Waals surface area contributed by atoms with Gasteiger partial charge in [0, 0.05) is 25.6 Å². The van der Waals surface area contributed by atoms with Crippen LogP contribution in [0.5, 0.6) is 0 Å². The quantitative estimate of drug-likeness (QED) is 0.557. The molecule has 5 nitrogen and oxygen atoms in total. The Morgan fingerprint density at radius 1 is 1.16 bits per heavy atom. The normalized spacial score (nSPS) is 11.8. The van der Waals surface area contributed by atoms with Gasteiger partial charge in [-0.25, -0.2) is 4.98 Å². The smallest absolute Gasteiger partial charge is 0.191 e. The molecule has 2 rings (SSSR count). The minimum absolute atomic E-state index is 0.466. The summed E-state index contributed by atoms with van der Waals surface area (Å²) < 4.78 is 5.42. The average Bonchev–Trinajstić information content (AvgIpc) is 3.10. The summed E-state index contributed by atoms with van der Waals surface area (Å²) in [5.41, 5.74) is 3.55. The fourth-order valence-corrected chi connectivity index (χ4v) is 3.11. The van der Waals surface area contributed by atoms with Gasteiger partial charge in [-0.3, -0.25) is 4.99 Å². The van der Waals surface area contributed by atoms with Crippen molar-refractivity contribution in [1.82, 2.24) is 15.6 Å². The van der Waals surface area contributed by atoms with E-state index in [1.165, 1.54) is 11.1 Å². The number of nitrogens with one attached hydrogen (secondary N) is 2. The molecule has 0 spiro atoms. The van der Waals surface area contributed by atoms with Gasteiger partial charge in [0.15, 0.2) is 5.96 Å². The number of aliphatic imine (C=N–C) groups is 1. The molecular formula is C19H28N4OS. The molecule has 0 saturated carbocycles. The summed E-state index contributed by atoms with van der Waals surface area (Å²) in [4.78, 5) is 8.90. The first-order chi connectivity index (χ1) is 12.1. The largest absolute Gasteiger partial charge is 0.377 e. The van der Waals surface area contributed by atoms with E-state index in [0.29, 0.717) is 19.1 Å². The van der Waals surface area contributed by atoms with Crippen molar-refractivity contribution in [2.75, 3.05) is 13.7 Å². The predicted octanol–water partition coefficient (Wildman–Crippen LogP) is 3.67. The molecule has 0 aliphatic carbocycles. The first-order valence-electron chi connectivity index (χ1n) is 8.66. The van der Waals surface area contributed by atoms with E-state index >= 15 is 0 Å². The third-order valence-electron chi connectivity index (χ3n) is 3.75. The van der Waals surface area contributed by atoms with Crippen LogP contribution in [0.1, 0.15) is 48.5 Å². The maximum absolute atomic E-state index is 5.42. The third-order valence-corrected chi connectivity index (χ3v) is 4.61. The highest BCUT2D eigenvalue weighted by molar-refractivity contribution is 7.09. The number of hydrogen-bond donors (Lipinski definition) is 2. The number of aromatic nitrogens is 1. The van der Waals surface area contributed by atoms with Crippen LogP contribution in [-0.4, -0.2) is 24.6 Å². The summed E-state index contributed by atoms with van der Waals surface area (Å²) in [6, 6.07) is 8.44. The van der Waals surface area contributed by atoms with Crippen molar-refractivity contribution in [3.05, 3.63) is 51.5 Å². The SMILES string of the molecule is CCOCc1ccc(CNC(=NC)NCc2nc(C(C)C)cs2)cc1. The minimum Gasteiger partial charge on any atom is -0.377 e. The van der Waals surface area contributed by atoms with Crippen molar-refractivity contribution in [3.63, 3.8) is 0 Å². The molecule has 0 aliphatic heterocycles. The Balaban J connectivity index is 1.79. The molecule has 1 heterocycles. The Morgan fingerprint density at radius 3 is 2.44 bits per heavy atom. The van der Waals surface area contributed by atoms with Gasteiger partial charge in [0.2, 0.25) is 0 Å². The summed E-state index contributed by atoms with van der Waals surface area (Å²) >= 11 is 1.68. The standard InChI is InChI=1S/C19H28N4OS/c1-5-24-12-16-8-6-15(7-9-16)10-21-19(20-4)22-11-18-23-17(13-25-18)14(2)3/h6-9,13-14H,5,10-12H2,1-4H3,(H2,20,21,22). The average molecular weight is 361 g/mol. The molecule has 0 saturated heterocycles. The highest BCUT2D eigenvalue weighted by Crippen LogP contribution is 2.17. The molecule has 1 aromatic carbocycles. The summed E-state index contributed by atoms with van der Waals surface area (Å²) in [5.74, 6) is 1.24. The van der Waals surface area contributed by atoms with E-state index < -0.39 is 0 Å². The lowest BCUT2D eigenvalue weighted by atomic mass is 10.1. The van der Waals surface area contributed by atoms with Gasteiger partial charge in [-0.05, 0) is 24.0 Å². The van der Waals surface area contributed by atoms with Crippen molar-refractivity contribution >= 4 is 17.3 Å². The Bertz CT molecular complexity index is 664. The molecule has 136 valence electrons. The zero-order chi connectivity index (χ0) is 18.1. The Kier molecular flexibility index (Phi) is 7.88. The molecule has 1 aromatic heterocycles. The van der Waals surface area contributed by atoms with E-state index in [-0.39, 0.29) is 0 Å². The number of guanidine groups is 1. The molecule has 0 atom stereocenters. The lowest BCUT2D eigenvalue weighted by molar-refractivity contribution is 0.134. The maximum Gasteiger partial charge on any atom is 0.191 e. The summed E-state index contributed by atoms with van der Waals surface area (Å²) in [6.45, 7) is 9.14. The van der Waals surface area contributed by atoms with E-state index in [0.717, 1.165) is 29.8 Å². The summed E-state index contributed by atoms with van der Waals surface area (Å²) in [7, 11) is 1.78. The van der Waals surface area contributed by atoms with Crippen molar-refractivity contribution in [2.45, 2.75) is 46.4 Å². The molecule has 0 radical (unpaired) electrons. The number of thiazole rings is 1. The topological polar surface area (TPSA) is 58.5 Å². The van der Waals surface area contributed by atoms with Gasteiger partial charge in [0.05, 0.1) is 18.8 Å². The van der Waals surface area contributed by atoms with Crippen LogP contribution >= 0.6 is 11.3 Å². The van der Waals surface area contributed by atoms with Gasteiger partial charge >= 0.3 is 0 Å². The van der Waals surface area contributed by atoms with Crippen molar-refractivity contribution in [3.8, 4) is 0 Å². The van der Waals surface area contributed by atoms with Gasteiger partial charge in [0.25, 0.3) is 0 Å². The molecule has 0 fully saturated rings. The van der Waals surface area contributed by atoms with Crippen LogP contribution in [0.15, 0.2) is 34.6 Å². The van der Waals surface area contributed by atoms with Crippen molar-refractivity contribution in [2.24, 2.45) is 4.99 Å². The van der Waals surface area contributed by atoms with Crippen LogP contribution in [-0.2, 0) is 24.4 Å². The highest BCUT2D eigenvalue weighted by atomic mass is 32.1. The van der Waals surface area contributed by atoms with E-state index in [9.17, 15) is 0 Å². The molecule has 2 N–H and O–H groups in total. The molecule has 2 aromatic rings.